The number of imide groups is 1. The Hall–Kier alpha value is -1.91. The first-order valence-corrected chi connectivity index (χ1v) is 4.08. The maximum Gasteiger partial charge on any atom is 0.262 e. The summed E-state index contributed by atoms with van der Waals surface area (Å²) in [6, 6.07) is 0. The van der Waals surface area contributed by atoms with Crippen molar-refractivity contribution in [2.24, 2.45) is 0 Å². The standard InChI is InChI=1S/C9H8N2O3/c1-3-5-6(7(12)4(2)10-3)9(14)11-8(5)13/h12H,1-2H3,(H,11,13,14). The average molecular weight is 192 g/mol. The third-order valence-electron chi connectivity index (χ3n) is 2.21. The number of nitrogens with zero attached hydrogens (tertiary/aromatic N) is 1. The van der Waals surface area contributed by atoms with E-state index in [4.69, 9.17) is 0 Å². The van der Waals surface area contributed by atoms with Gasteiger partial charge in [-0.1, -0.05) is 0 Å². The molecule has 0 aromatic carbocycles. The van der Waals surface area contributed by atoms with Gasteiger partial charge in [0.25, 0.3) is 11.8 Å². The lowest BCUT2D eigenvalue weighted by molar-refractivity contribution is 0.0879. The highest BCUT2D eigenvalue weighted by molar-refractivity contribution is 6.23. The van der Waals surface area contributed by atoms with Gasteiger partial charge in [0.05, 0.1) is 22.5 Å². The van der Waals surface area contributed by atoms with Gasteiger partial charge in [0.15, 0.2) is 0 Å². The number of aromatic hydroxyl groups is 1. The second-order valence-corrected chi connectivity index (χ2v) is 3.16. The van der Waals surface area contributed by atoms with Crippen molar-refractivity contribution < 1.29 is 14.7 Å². The normalized spacial score (nSPS) is 14.1. The third kappa shape index (κ3) is 0.921. The van der Waals surface area contributed by atoms with Gasteiger partial charge in [-0.05, 0) is 13.8 Å². The van der Waals surface area contributed by atoms with Gasteiger partial charge in [-0.2, -0.15) is 0 Å². The first-order chi connectivity index (χ1) is 6.52. The molecule has 72 valence electrons. The fraction of sp³-hybridized carbons (Fsp3) is 0.222. The summed E-state index contributed by atoms with van der Waals surface area (Å²) in [4.78, 5) is 26.5. The van der Waals surface area contributed by atoms with Crippen LogP contribution in [0.5, 0.6) is 5.75 Å². The van der Waals surface area contributed by atoms with E-state index in [0.717, 1.165) is 0 Å². The summed E-state index contributed by atoms with van der Waals surface area (Å²) in [6.45, 7) is 3.21. The van der Waals surface area contributed by atoms with Gasteiger partial charge in [0.2, 0.25) is 0 Å². The lowest BCUT2D eigenvalue weighted by Gasteiger charge is -2.04. The van der Waals surface area contributed by atoms with Gasteiger partial charge >= 0.3 is 0 Å². The molecule has 0 unspecified atom stereocenters. The summed E-state index contributed by atoms with van der Waals surface area (Å²) in [7, 11) is 0. The van der Waals surface area contributed by atoms with Gasteiger partial charge in [-0.15, -0.1) is 0 Å². The molecular weight excluding hydrogens is 184 g/mol. The van der Waals surface area contributed by atoms with E-state index in [0.29, 0.717) is 11.4 Å². The monoisotopic (exact) mass is 192 g/mol. The van der Waals surface area contributed by atoms with Gasteiger partial charge in [-0.3, -0.25) is 19.9 Å². The van der Waals surface area contributed by atoms with Crippen LogP contribution in [0.3, 0.4) is 0 Å². The van der Waals surface area contributed by atoms with Crippen LogP contribution >= 0.6 is 0 Å². The maximum atomic E-state index is 11.3. The van der Waals surface area contributed by atoms with Crippen LogP contribution in [0.25, 0.3) is 0 Å². The van der Waals surface area contributed by atoms with Crippen LogP contribution in [0.2, 0.25) is 0 Å². The number of fused-ring (bicyclic) bond motifs is 1. The fourth-order valence-electron chi connectivity index (χ4n) is 1.57. The molecule has 0 spiro atoms. The molecule has 2 rings (SSSR count). The number of hydrogen-bond donors (Lipinski definition) is 2. The minimum absolute atomic E-state index is 0.0417. The molecule has 0 aliphatic carbocycles. The second-order valence-electron chi connectivity index (χ2n) is 3.16. The minimum atomic E-state index is -0.559. The molecule has 1 aromatic rings. The van der Waals surface area contributed by atoms with Crippen molar-refractivity contribution in [2.75, 3.05) is 0 Å². The molecule has 2 N–H and O–H groups in total. The minimum Gasteiger partial charge on any atom is -0.505 e. The van der Waals surface area contributed by atoms with Crippen LogP contribution in [0, 0.1) is 13.8 Å². The number of aryl methyl sites for hydroxylation is 2. The Labute approximate surface area is 79.8 Å². The van der Waals surface area contributed by atoms with Crippen molar-refractivity contribution >= 4 is 11.8 Å². The molecule has 0 radical (unpaired) electrons. The number of amides is 2. The topological polar surface area (TPSA) is 79.3 Å². The molecule has 0 atom stereocenters. The summed E-state index contributed by atoms with van der Waals surface area (Å²) in [5.41, 5.74) is 1.03. The number of carbonyl (C=O) groups is 2. The van der Waals surface area contributed by atoms with Crippen molar-refractivity contribution in [3.05, 3.63) is 22.5 Å². The van der Waals surface area contributed by atoms with Gasteiger partial charge in [0.1, 0.15) is 5.75 Å². The Bertz CT molecular complexity index is 466. The Kier molecular flexibility index (Phi) is 1.57. The molecule has 0 fully saturated rings. The summed E-state index contributed by atoms with van der Waals surface area (Å²) >= 11 is 0. The van der Waals surface area contributed by atoms with E-state index in [1.807, 2.05) is 0 Å². The largest absolute Gasteiger partial charge is 0.505 e. The van der Waals surface area contributed by atoms with E-state index in [1.165, 1.54) is 0 Å². The van der Waals surface area contributed by atoms with Crippen molar-refractivity contribution in [3.8, 4) is 5.75 Å². The highest BCUT2D eigenvalue weighted by Gasteiger charge is 2.33. The maximum absolute atomic E-state index is 11.3. The molecule has 0 saturated heterocycles. The number of hydrogen-bond acceptors (Lipinski definition) is 4. The van der Waals surface area contributed by atoms with Crippen molar-refractivity contribution in [1.29, 1.82) is 0 Å². The average Bonchev–Trinajstić information content (AvgIpc) is 2.38. The Morgan fingerprint density at radius 1 is 1.07 bits per heavy atom. The van der Waals surface area contributed by atoms with Crippen LogP contribution in [0.15, 0.2) is 0 Å². The Morgan fingerprint density at radius 3 is 2.29 bits per heavy atom. The fourth-order valence-corrected chi connectivity index (χ4v) is 1.57. The number of pyridine rings is 1. The number of aromatic nitrogens is 1. The lowest BCUT2D eigenvalue weighted by atomic mass is 10.1. The molecule has 0 saturated carbocycles. The number of carbonyl (C=O) groups excluding carboxylic acids is 2. The highest BCUT2D eigenvalue weighted by Crippen LogP contribution is 2.29. The van der Waals surface area contributed by atoms with E-state index in [9.17, 15) is 14.7 Å². The van der Waals surface area contributed by atoms with E-state index in [-0.39, 0.29) is 16.9 Å². The Balaban J connectivity index is 2.86. The van der Waals surface area contributed by atoms with Gasteiger partial charge < -0.3 is 5.11 Å². The van der Waals surface area contributed by atoms with E-state index >= 15 is 0 Å². The van der Waals surface area contributed by atoms with E-state index < -0.39 is 11.8 Å². The van der Waals surface area contributed by atoms with E-state index in [1.54, 1.807) is 13.8 Å². The number of nitrogens with one attached hydrogen (secondary N) is 1. The van der Waals surface area contributed by atoms with Gasteiger partial charge in [-0.25, -0.2) is 0 Å². The van der Waals surface area contributed by atoms with Gasteiger partial charge in [0, 0.05) is 0 Å². The first-order valence-electron chi connectivity index (χ1n) is 4.08. The smallest absolute Gasteiger partial charge is 0.262 e. The molecular formula is C9H8N2O3. The van der Waals surface area contributed by atoms with Crippen LogP contribution in [0.4, 0.5) is 0 Å². The molecule has 2 amide bonds. The lowest BCUT2D eigenvalue weighted by Crippen LogP contribution is -2.20. The second kappa shape index (κ2) is 2.54. The SMILES string of the molecule is Cc1nc(C)c2c(c1O)C(=O)NC2=O. The van der Waals surface area contributed by atoms with Crippen LogP contribution < -0.4 is 5.32 Å². The van der Waals surface area contributed by atoms with Crippen LogP contribution in [-0.2, 0) is 0 Å². The highest BCUT2D eigenvalue weighted by atomic mass is 16.3. The third-order valence-corrected chi connectivity index (χ3v) is 2.21. The summed E-state index contributed by atoms with van der Waals surface area (Å²) in [5, 5.41) is 11.7. The first kappa shape index (κ1) is 8.68. The zero-order valence-electron chi connectivity index (χ0n) is 7.71. The molecule has 1 aromatic heterocycles. The zero-order valence-corrected chi connectivity index (χ0v) is 7.71. The number of rotatable bonds is 0. The molecule has 0 bridgehead atoms. The van der Waals surface area contributed by atoms with Crippen molar-refractivity contribution in [3.63, 3.8) is 0 Å². The van der Waals surface area contributed by atoms with Crippen LogP contribution in [-0.4, -0.2) is 21.9 Å². The van der Waals surface area contributed by atoms with Crippen molar-refractivity contribution in [2.45, 2.75) is 13.8 Å². The summed E-state index contributed by atoms with van der Waals surface area (Å²) < 4.78 is 0. The Morgan fingerprint density at radius 2 is 1.64 bits per heavy atom. The summed E-state index contributed by atoms with van der Waals surface area (Å²) in [6.07, 6.45) is 0. The van der Waals surface area contributed by atoms with E-state index in [2.05, 4.69) is 10.3 Å². The quantitative estimate of drug-likeness (QED) is 0.579. The predicted molar refractivity (Wildman–Crippen MR) is 47.2 cm³/mol. The van der Waals surface area contributed by atoms with Crippen molar-refractivity contribution in [1.82, 2.24) is 10.3 Å². The molecule has 1 aliphatic heterocycles. The molecule has 5 nitrogen and oxygen atoms in total. The molecule has 14 heavy (non-hydrogen) atoms. The summed E-state index contributed by atoms with van der Waals surface area (Å²) in [5.74, 6) is -1.27. The van der Waals surface area contributed by atoms with Crippen LogP contribution in [0.1, 0.15) is 32.1 Å². The molecule has 2 heterocycles. The molecule has 1 aliphatic rings. The molecule has 5 heteroatoms. The zero-order chi connectivity index (χ0) is 10.5. The predicted octanol–water partition coefficient (Wildman–Crippen LogP) is 0.288.